The fourth-order valence-corrected chi connectivity index (χ4v) is 4.89. The Morgan fingerprint density at radius 3 is 2.78 bits per heavy atom. The van der Waals surface area contributed by atoms with Crippen molar-refractivity contribution in [3.05, 3.63) is 27.6 Å². The number of nitrogens with zero attached hydrogens (tertiary/aromatic N) is 3. The molecule has 1 aliphatic heterocycles. The van der Waals surface area contributed by atoms with Gasteiger partial charge in [-0.05, 0) is 25.8 Å². The lowest BCUT2D eigenvalue weighted by molar-refractivity contribution is -0.117. The van der Waals surface area contributed by atoms with Gasteiger partial charge in [0.15, 0.2) is 5.13 Å². The second kappa shape index (κ2) is 8.81. The molecule has 1 saturated heterocycles. The van der Waals surface area contributed by atoms with Crippen molar-refractivity contribution >= 4 is 44.7 Å². The molecule has 0 atom stereocenters. The minimum atomic E-state index is -0.416. The van der Waals surface area contributed by atoms with Gasteiger partial charge in [0.2, 0.25) is 5.91 Å². The molecule has 1 aliphatic rings. The van der Waals surface area contributed by atoms with Crippen LogP contribution in [0.1, 0.15) is 27.2 Å². The molecule has 3 heterocycles. The lowest BCUT2D eigenvalue weighted by atomic mass is 10.1. The largest absolute Gasteiger partial charge is 0.465 e. The number of nitrogens with one attached hydrogen (secondary N) is 1. The van der Waals surface area contributed by atoms with Crippen LogP contribution in [0.5, 0.6) is 0 Å². The van der Waals surface area contributed by atoms with Gasteiger partial charge in [0.25, 0.3) is 0 Å². The molecule has 9 heteroatoms. The van der Waals surface area contributed by atoms with Crippen molar-refractivity contribution < 1.29 is 14.3 Å². The Hall–Kier alpha value is -1.97. The minimum Gasteiger partial charge on any atom is -0.465 e. The highest BCUT2D eigenvalue weighted by Crippen LogP contribution is 2.33. The minimum absolute atomic E-state index is 0.107. The number of methoxy groups -OCH3 is 1. The molecule has 0 bridgehead atoms. The van der Waals surface area contributed by atoms with Crippen molar-refractivity contribution in [2.24, 2.45) is 0 Å². The Balaban J connectivity index is 1.60. The molecule has 0 radical (unpaired) electrons. The van der Waals surface area contributed by atoms with Crippen molar-refractivity contribution in [1.29, 1.82) is 0 Å². The topological polar surface area (TPSA) is 74.8 Å². The van der Waals surface area contributed by atoms with Crippen molar-refractivity contribution in [3.63, 3.8) is 0 Å². The van der Waals surface area contributed by atoms with Crippen LogP contribution in [0.15, 0.2) is 11.6 Å². The highest BCUT2D eigenvalue weighted by atomic mass is 32.1. The number of hydrogen-bond acceptors (Lipinski definition) is 8. The van der Waals surface area contributed by atoms with Crippen LogP contribution in [0.3, 0.4) is 0 Å². The Kier molecular flexibility index (Phi) is 6.46. The molecule has 0 aliphatic carbocycles. The lowest BCUT2D eigenvalue weighted by Crippen LogP contribution is -2.36. The fourth-order valence-electron chi connectivity index (χ4n) is 3.12. The number of aryl methyl sites for hydroxylation is 1. The summed E-state index contributed by atoms with van der Waals surface area (Å²) in [5.41, 5.74) is 1.31. The predicted molar refractivity (Wildman–Crippen MR) is 109 cm³/mol. The summed E-state index contributed by atoms with van der Waals surface area (Å²) in [7, 11) is 1.35. The Labute approximate surface area is 167 Å². The average Bonchev–Trinajstić information content (AvgIpc) is 3.19. The van der Waals surface area contributed by atoms with Crippen molar-refractivity contribution in [3.8, 4) is 0 Å². The predicted octanol–water partition coefficient (Wildman–Crippen LogP) is 2.76. The number of thiophene rings is 1. The Bertz CT molecular complexity index is 804. The van der Waals surface area contributed by atoms with Gasteiger partial charge in [-0.15, -0.1) is 22.7 Å². The summed E-state index contributed by atoms with van der Waals surface area (Å²) in [4.78, 5) is 34.4. The van der Waals surface area contributed by atoms with Crippen LogP contribution in [0.4, 0.5) is 10.1 Å². The fraction of sp³-hybridized carbons (Fsp3) is 0.500. The SMILES string of the molecule is COC(=O)c1c(NC(=O)CN2CCCN(c3nccs3)CC2)sc(C)c1C. The van der Waals surface area contributed by atoms with Gasteiger partial charge in [0, 0.05) is 42.6 Å². The van der Waals surface area contributed by atoms with E-state index in [1.54, 1.807) is 11.3 Å². The zero-order valence-corrected chi connectivity index (χ0v) is 17.4. The van der Waals surface area contributed by atoms with Crippen LogP contribution < -0.4 is 10.2 Å². The molecule has 0 spiro atoms. The average molecular weight is 409 g/mol. The van der Waals surface area contributed by atoms with Gasteiger partial charge in [-0.25, -0.2) is 9.78 Å². The summed E-state index contributed by atoms with van der Waals surface area (Å²) in [6.07, 6.45) is 2.80. The van der Waals surface area contributed by atoms with Crippen LogP contribution in [0.2, 0.25) is 0 Å². The first-order valence-electron chi connectivity index (χ1n) is 8.84. The number of rotatable bonds is 5. The molecular weight excluding hydrogens is 384 g/mol. The molecule has 27 heavy (non-hydrogen) atoms. The summed E-state index contributed by atoms with van der Waals surface area (Å²) in [5.74, 6) is -0.523. The van der Waals surface area contributed by atoms with E-state index in [1.807, 2.05) is 25.4 Å². The number of aromatic nitrogens is 1. The van der Waals surface area contributed by atoms with Gasteiger partial charge >= 0.3 is 5.97 Å². The quantitative estimate of drug-likeness (QED) is 0.767. The molecule has 0 aromatic carbocycles. The molecule has 1 N–H and O–H groups in total. The van der Waals surface area contributed by atoms with Gasteiger partial charge in [0.05, 0.1) is 19.2 Å². The summed E-state index contributed by atoms with van der Waals surface area (Å²) in [6.45, 7) is 7.58. The van der Waals surface area contributed by atoms with E-state index in [0.29, 0.717) is 17.1 Å². The number of esters is 1. The van der Waals surface area contributed by atoms with Crippen LogP contribution in [0, 0.1) is 13.8 Å². The van der Waals surface area contributed by atoms with Crippen molar-refractivity contribution in [1.82, 2.24) is 9.88 Å². The van der Waals surface area contributed by atoms with E-state index >= 15 is 0 Å². The third kappa shape index (κ3) is 4.66. The van der Waals surface area contributed by atoms with Crippen LogP contribution in [0.25, 0.3) is 0 Å². The molecule has 0 saturated carbocycles. The maximum Gasteiger partial charge on any atom is 0.341 e. The Morgan fingerprint density at radius 2 is 2.07 bits per heavy atom. The van der Waals surface area contributed by atoms with Gasteiger partial charge in [-0.3, -0.25) is 9.69 Å². The lowest BCUT2D eigenvalue weighted by Gasteiger charge is -2.21. The number of amides is 1. The highest BCUT2D eigenvalue weighted by Gasteiger charge is 2.23. The number of ether oxygens (including phenoxy) is 1. The maximum absolute atomic E-state index is 12.6. The molecule has 146 valence electrons. The Morgan fingerprint density at radius 1 is 1.26 bits per heavy atom. The summed E-state index contributed by atoms with van der Waals surface area (Å²) in [5, 5.41) is 6.49. The van der Waals surface area contributed by atoms with Crippen molar-refractivity contribution in [2.45, 2.75) is 20.3 Å². The smallest absolute Gasteiger partial charge is 0.341 e. The zero-order valence-electron chi connectivity index (χ0n) is 15.8. The van der Waals surface area contributed by atoms with Gasteiger partial charge in [-0.1, -0.05) is 0 Å². The zero-order chi connectivity index (χ0) is 19.4. The molecule has 1 amide bonds. The number of anilines is 2. The van der Waals surface area contributed by atoms with E-state index in [2.05, 4.69) is 20.1 Å². The van der Waals surface area contributed by atoms with Crippen LogP contribution in [-0.4, -0.2) is 61.6 Å². The van der Waals surface area contributed by atoms with Crippen LogP contribution >= 0.6 is 22.7 Å². The summed E-state index contributed by atoms with van der Waals surface area (Å²) >= 11 is 3.05. The first kappa shape index (κ1) is 19.8. The van der Waals surface area contributed by atoms with Crippen LogP contribution in [-0.2, 0) is 9.53 Å². The standard InChI is InChI=1S/C18H24N4O3S2/c1-12-13(2)27-16(15(12)17(24)25-3)20-14(23)11-21-6-4-7-22(9-8-21)18-19-5-10-26-18/h5,10H,4,6-9,11H2,1-3H3,(H,20,23). The summed E-state index contributed by atoms with van der Waals surface area (Å²) in [6, 6.07) is 0. The molecule has 7 nitrogen and oxygen atoms in total. The molecule has 3 rings (SSSR count). The van der Waals surface area contributed by atoms with E-state index in [9.17, 15) is 9.59 Å². The van der Waals surface area contributed by atoms with Gasteiger partial charge < -0.3 is 15.0 Å². The van der Waals surface area contributed by atoms with Crippen molar-refractivity contribution in [2.75, 3.05) is 50.1 Å². The maximum atomic E-state index is 12.6. The van der Waals surface area contributed by atoms with E-state index in [0.717, 1.165) is 48.2 Å². The molecule has 1 fully saturated rings. The first-order chi connectivity index (χ1) is 13.0. The number of thiazole rings is 1. The third-order valence-corrected chi connectivity index (χ3v) is 6.63. The first-order valence-corrected chi connectivity index (χ1v) is 10.5. The normalized spacial score (nSPS) is 15.4. The third-order valence-electron chi connectivity index (χ3n) is 4.67. The number of carbonyl (C=O) groups excluding carboxylic acids is 2. The second-order valence-corrected chi connectivity index (χ2v) is 8.56. The van der Waals surface area contributed by atoms with E-state index in [-0.39, 0.29) is 5.91 Å². The summed E-state index contributed by atoms with van der Waals surface area (Å²) < 4.78 is 4.86. The number of carbonyl (C=O) groups is 2. The molecular formula is C18H24N4O3S2. The monoisotopic (exact) mass is 408 g/mol. The van der Waals surface area contributed by atoms with Gasteiger partial charge in [0.1, 0.15) is 5.00 Å². The molecule has 2 aromatic heterocycles. The van der Waals surface area contributed by atoms with Gasteiger partial charge in [-0.2, -0.15) is 0 Å². The second-order valence-electron chi connectivity index (χ2n) is 6.46. The van der Waals surface area contributed by atoms with E-state index in [1.165, 1.54) is 18.4 Å². The van der Waals surface area contributed by atoms with E-state index in [4.69, 9.17) is 4.74 Å². The molecule has 2 aromatic rings. The molecule has 0 unspecified atom stereocenters. The number of hydrogen-bond donors (Lipinski definition) is 1. The van der Waals surface area contributed by atoms with E-state index < -0.39 is 5.97 Å². The highest BCUT2D eigenvalue weighted by molar-refractivity contribution is 7.16.